The molecule has 0 saturated heterocycles. The summed E-state index contributed by atoms with van der Waals surface area (Å²) in [5.74, 6) is 0.855. The molecule has 0 radical (unpaired) electrons. The second kappa shape index (κ2) is 4.79. The molecule has 2 aromatic rings. The molecule has 0 aliphatic heterocycles. The van der Waals surface area contributed by atoms with Gasteiger partial charge in [-0.2, -0.15) is 15.4 Å². The Morgan fingerprint density at radius 2 is 2.24 bits per heavy atom. The zero-order valence-corrected chi connectivity index (χ0v) is 11.1. The molecule has 90 valence electrons. The Morgan fingerprint density at radius 3 is 2.82 bits per heavy atom. The third-order valence-electron chi connectivity index (χ3n) is 2.19. The number of halogens is 1. The highest BCUT2D eigenvalue weighted by molar-refractivity contribution is 9.10. The average Bonchev–Trinajstić information content (AvgIpc) is 2.77. The van der Waals surface area contributed by atoms with Crippen LogP contribution in [0.4, 0.5) is 0 Å². The maximum absolute atomic E-state index is 11.7. The van der Waals surface area contributed by atoms with E-state index in [2.05, 4.69) is 55.2 Å². The highest BCUT2D eigenvalue weighted by atomic mass is 79.9. The first-order chi connectivity index (χ1) is 8.08. The lowest BCUT2D eigenvalue weighted by atomic mass is 10.1. The van der Waals surface area contributed by atoms with E-state index in [4.69, 9.17) is 0 Å². The van der Waals surface area contributed by atoms with Crippen LogP contribution in [-0.4, -0.2) is 25.4 Å². The summed E-state index contributed by atoms with van der Waals surface area (Å²) >= 11 is 3.26. The zero-order valence-electron chi connectivity index (χ0n) is 9.49. The maximum Gasteiger partial charge on any atom is 0.265 e. The third-order valence-corrected chi connectivity index (χ3v) is 3.01. The Balaban J connectivity index is 2.50. The Hall–Kier alpha value is -1.50. The van der Waals surface area contributed by atoms with Crippen molar-refractivity contribution in [2.24, 2.45) is 5.92 Å². The van der Waals surface area contributed by atoms with Gasteiger partial charge in [0.25, 0.3) is 5.56 Å². The number of nitrogens with one attached hydrogen (secondary N) is 2. The van der Waals surface area contributed by atoms with Crippen LogP contribution in [0.15, 0.2) is 15.5 Å². The van der Waals surface area contributed by atoms with Gasteiger partial charge in [-0.05, 0) is 28.3 Å². The van der Waals surface area contributed by atoms with Crippen LogP contribution in [0, 0.1) is 5.92 Å². The minimum Gasteiger partial charge on any atom is -0.304 e. The van der Waals surface area contributed by atoms with E-state index < -0.39 is 0 Å². The Kier molecular flexibility index (Phi) is 3.37. The lowest BCUT2D eigenvalue weighted by Gasteiger charge is -2.07. The van der Waals surface area contributed by atoms with Gasteiger partial charge in [0, 0.05) is 0 Å². The van der Waals surface area contributed by atoms with Crippen molar-refractivity contribution in [3.05, 3.63) is 26.7 Å². The number of H-pyrrole nitrogens is 2. The largest absolute Gasteiger partial charge is 0.304 e. The van der Waals surface area contributed by atoms with Gasteiger partial charge in [-0.1, -0.05) is 13.8 Å². The van der Waals surface area contributed by atoms with Crippen molar-refractivity contribution in [2.75, 3.05) is 0 Å². The lowest BCUT2D eigenvalue weighted by Crippen LogP contribution is -2.15. The molecule has 0 spiro atoms. The molecule has 0 bridgehead atoms. The molecular weight excluding hydrogens is 286 g/mol. The van der Waals surface area contributed by atoms with Crippen LogP contribution in [0.25, 0.3) is 11.5 Å². The van der Waals surface area contributed by atoms with Gasteiger partial charge in [0.2, 0.25) is 0 Å². The molecule has 0 aliphatic carbocycles. The number of rotatable bonds is 3. The van der Waals surface area contributed by atoms with E-state index in [1.165, 1.54) is 6.20 Å². The Labute approximate surface area is 106 Å². The van der Waals surface area contributed by atoms with Crippen molar-refractivity contribution < 1.29 is 0 Å². The molecule has 2 aromatic heterocycles. The number of aromatic amines is 2. The lowest BCUT2D eigenvalue weighted by molar-refractivity contribution is 0.631. The molecular formula is C10H12BrN5O. The summed E-state index contributed by atoms with van der Waals surface area (Å²) in [5.41, 5.74) is 1.06. The summed E-state index contributed by atoms with van der Waals surface area (Å²) in [7, 11) is 0. The topological polar surface area (TPSA) is 87.3 Å². The molecule has 0 saturated carbocycles. The second-order valence-corrected chi connectivity index (χ2v) is 4.92. The number of aromatic nitrogens is 5. The van der Waals surface area contributed by atoms with E-state index in [0.717, 1.165) is 12.1 Å². The van der Waals surface area contributed by atoms with Crippen molar-refractivity contribution in [1.82, 2.24) is 25.4 Å². The minimum absolute atomic E-state index is 0.200. The molecule has 0 atom stereocenters. The van der Waals surface area contributed by atoms with E-state index in [-0.39, 0.29) is 5.56 Å². The molecule has 7 heteroatoms. The number of nitrogens with zero attached hydrogens (tertiary/aromatic N) is 3. The van der Waals surface area contributed by atoms with Crippen LogP contribution in [0.2, 0.25) is 0 Å². The first-order valence-corrected chi connectivity index (χ1v) is 6.02. The third kappa shape index (κ3) is 2.60. The van der Waals surface area contributed by atoms with E-state index in [9.17, 15) is 4.79 Å². The fourth-order valence-corrected chi connectivity index (χ4v) is 1.81. The van der Waals surface area contributed by atoms with Gasteiger partial charge in [-0.3, -0.25) is 4.79 Å². The zero-order chi connectivity index (χ0) is 12.4. The van der Waals surface area contributed by atoms with Crippen molar-refractivity contribution in [3.63, 3.8) is 0 Å². The SMILES string of the molecule is CC(C)Cc1nc(-c2cn[nH]n2)[nH]c(=O)c1Br. The summed E-state index contributed by atoms with van der Waals surface area (Å²) in [6.45, 7) is 4.15. The van der Waals surface area contributed by atoms with Gasteiger partial charge in [0.05, 0.1) is 11.9 Å². The van der Waals surface area contributed by atoms with Crippen LogP contribution < -0.4 is 5.56 Å². The van der Waals surface area contributed by atoms with Gasteiger partial charge in [-0.25, -0.2) is 4.98 Å². The van der Waals surface area contributed by atoms with Crippen molar-refractivity contribution in [3.8, 4) is 11.5 Å². The number of hydrogen-bond donors (Lipinski definition) is 2. The quantitative estimate of drug-likeness (QED) is 0.899. The maximum atomic E-state index is 11.7. The predicted octanol–water partition coefficient (Wildman–Crippen LogP) is 1.52. The van der Waals surface area contributed by atoms with Gasteiger partial charge in [0.15, 0.2) is 5.82 Å². The molecule has 2 rings (SSSR count). The monoisotopic (exact) mass is 297 g/mol. The van der Waals surface area contributed by atoms with Crippen molar-refractivity contribution in [2.45, 2.75) is 20.3 Å². The van der Waals surface area contributed by atoms with Crippen LogP contribution in [-0.2, 0) is 6.42 Å². The van der Waals surface area contributed by atoms with Gasteiger partial charge in [0.1, 0.15) is 10.2 Å². The van der Waals surface area contributed by atoms with Crippen molar-refractivity contribution >= 4 is 15.9 Å². The molecule has 0 amide bonds. The molecule has 0 aliphatic rings. The van der Waals surface area contributed by atoms with Crippen molar-refractivity contribution in [1.29, 1.82) is 0 Å². The summed E-state index contributed by atoms with van der Waals surface area (Å²) in [6, 6.07) is 0. The standard InChI is InChI=1S/C10H12BrN5O/c1-5(2)3-6-8(11)10(17)14-9(13-6)7-4-12-16-15-7/h4-5H,3H2,1-2H3,(H,12,15,16)(H,13,14,17). The fourth-order valence-electron chi connectivity index (χ4n) is 1.46. The molecule has 17 heavy (non-hydrogen) atoms. The highest BCUT2D eigenvalue weighted by Gasteiger charge is 2.12. The fraction of sp³-hybridized carbons (Fsp3) is 0.400. The molecule has 6 nitrogen and oxygen atoms in total. The molecule has 0 aromatic carbocycles. The smallest absolute Gasteiger partial charge is 0.265 e. The van der Waals surface area contributed by atoms with Gasteiger partial charge in [-0.15, -0.1) is 0 Å². The first kappa shape index (κ1) is 12.0. The molecule has 2 heterocycles. The van der Waals surface area contributed by atoms with E-state index in [1.807, 2.05) is 0 Å². The molecule has 0 fully saturated rings. The average molecular weight is 298 g/mol. The predicted molar refractivity (Wildman–Crippen MR) is 66.5 cm³/mol. The summed E-state index contributed by atoms with van der Waals surface area (Å²) < 4.78 is 0.485. The Morgan fingerprint density at radius 1 is 1.47 bits per heavy atom. The van der Waals surface area contributed by atoms with E-state index in [0.29, 0.717) is 21.9 Å². The van der Waals surface area contributed by atoms with E-state index >= 15 is 0 Å². The van der Waals surface area contributed by atoms with Crippen LogP contribution >= 0.6 is 15.9 Å². The first-order valence-electron chi connectivity index (χ1n) is 5.22. The second-order valence-electron chi connectivity index (χ2n) is 4.13. The van der Waals surface area contributed by atoms with Crippen LogP contribution in [0.3, 0.4) is 0 Å². The van der Waals surface area contributed by atoms with E-state index in [1.54, 1.807) is 0 Å². The molecule has 0 unspecified atom stereocenters. The summed E-state index contributed by atoms with van der Waals surface area (Å²) in [4.78, 5) is 18.8. The van der Waals surface area contributed by atoms with Gasteiger partial charge >= 0.3 is 0 Å². The summed E-state index contributed by atoms with van der Waals surface area (Å²) in [6.07, 6.45) is 2.25. The number of hydrogen-bond acceptors (Lipinski definition) is 4. The minimum atomic E-state index is -0.200. The summed E-state index contributed by atoms with van der Waals surface area (Å²) in [5, 5.41) is 10.1. The normalized spacial score (nSPS) is 11.1. The highest BCUT2D eigenvalue weighted by Crippen LogP contribution is 2.16. The van der Waals surface area contributed by atoms with Gasteiger partial charge < -0.3 is 4.98 Å². The van der Waals surface area contributed by atoms with Crippen LogP contribution in [0.5, 0.6) is 0 Å². The molecule has 2 N–H and O–H groups in total. The Bertz CT molecular complexity index is 561. The van der Waals surface area contributed by atoms with Crippen LogP contribution in [0.1, 0.15) is 19.5 Å².